The molecule has 3 fully saturated rings. The van der Waals surface area contributed by atoms with E-state index in [9.17, 15) is 61.0 Å². The van der Waals surface area contributed by atoms with E-state index < -0.39 is 124 Å². The standard InChI is InChI=1S/C92H175NO18/c1-3-5-7-9-11-13-15-17-19-21-23-25-27-29-31-33-35-37-38-40-42-44-46-48-50-52-54-56-58-60-62-64-66-68-70-80(98)93-75(76(97)69-67-65-63-61-59-57-55-53-51-49-47-45-43-41-39-36-34-32-30-28-26-24-22-20-18-16-14-12-10-8-6-4-2)74-106-90-86(104)83(101)88(78(72-95)108-90)111-92-87(105)84(102)89(79(73-96)109-92)110-91-85(103)82(100)81(99)77(71-94)107-91/h59,61,67,69,75-79,81-92,94-97,99-105H,3-58,60,62-66,68,70-74H2,1-2H3,(H,93,98)/b61-59+,69-67+. The Morgan fingerprint density at radius 2 is 0.577 bits per heavy atom. The first-order chi connectivity index (χ1) is 54.3. The van der Waals surface area contributed by atoms with Crippen LogP contribution in [0.1, 0.15) is 425 Å². The maximum atomic E-state index is 13.5. The molecule has 3 saturated heterocycles. The summed E-state index contributed by atoms with van der Waals surface area (Å²) in [6.45, 7) is 1.80. The number of rotatable bonds is 78. The van der Waals surface area contributed by atoms with Gasteiger partial charge in [0.25, 0.3) is 0 Å². The van der Waals surface area contributed by atoms with Gasteiger partial charge in [0.2, 0.25) is 5.91 Å². The first kappa shape index (κ1) is 103. The molecule has 3 aliphatic heterocycles. The fraction of sp³-hybridized carbons (Fsp3) is 0.946. The van der Waals surface area contributed by atoms with Crippen LogP contribution in [0.2, 0.25) is 0 Å². The van der Waals surface area contributed by atoms with E-state index in [-0.39, 0.29) is 18.9 Å². The maximum Gasteiger partial charge on any atom is 0.220 e. The number of aliphatic hydroxyl groups excluding tert-OH is 11. The Bertz CT molecular complexity index is 2090. The summed E-state index contributed by atoms with van der Waals surface area (Å²) < 4.78 is 34.5. The van der Waals surface area contributed by atoms with E-state index in [0.29, 0.717) is 12.8 Å². The zero-order chi connectivity index (χ0) is 80.3. The third-order valence-electron chi connectivity index (χ3n) is 23.8. The van der Waals surface area contributed by atoms with Gasteiger partial charge in [0.15, 0.2) is 18.9 Å². The number of unbranched alkanes of at least 4 members (excludes halogenated alkanes) is 60. The van der Waals surface area contributed by atoms with Gasteiger partial charge in [-0.15, -0.1) is 0 Å². The van der Waals surface area contributed by atoms with Crippen LogP contribution < -0.4 is 5.32 Å². The van der Waals surface area contributed by atoms with Crippen molar-refractivity contribution >= 4 is 5.91 Å². The van der Waals surface area contributed by atoms with Crippen LogP contribution in [0.4, 0.5) is 0 Å². The summed E-state index contributed by atoms with van der Waals surface area (Å²) in [7, 11) is 0. The molecule has 0 spiro atoms. The Morgan fingerprint density at radius 3 is 0.901 bits per heavy atom. The Kier molecular flexibility index (Phi) is 67.4. The summed E-state index contributed by atoms with van der Waals surface area (Å²) in [4.78, 5) is 13.5. The van der Waals surface area contributed by atoms with Crippen molar-refractivity contribution in [2.75, 3.05) is 26.4 Å². The molecule has 0 bridgehead atoms. The lowest BCUT2D eigenvalue weighted by Crippen LogP contribution is -2.66. The van der Waals surface area contributed by atoms with Crippen LogP contribution in [0.15, 0.2) is 24.3 Å². The highest BCUT2D eigenvalue weighted by molar-refractivity contribution is 5.76. The monoisotopic (exact) mass is 1580 g/mol. The Labute approximate surface area is 677 Å². The number of hydrogen-bond acceptors (Lipinski definition) is 18. The number of aliphatic hydroxyl groups is 11. The van der Waals surface area contributed by atoms with Crippen molar-refractivity contribution in [2.24, 2.45) is 0 Å². The smallest absolute Gasteiger partial charge is 0.220 e. The molecule has 0 aromatic rings. The number of carbonyl (C=O) groups excluding carboxylic acids is 1. The van der Waals surface area contributed by atoms with Crippen molar-refractivity contribution < 1.29 is 89.4 Å². The van der Waals surface area contributed by atoms with Gasteiger partial charge in [0.1, 0.15) is 73.2 Å². The molecule has 3 heterocycles. The van der Waals surface area contributed by atoms with Gasteiger partial charge >= 0.3 is 0 Å². The fourth-order valence-corrected chi connectivity index (χ4v) is 16.3. The molecule has 0 saturated carbocycles. The molecule has 3 rings (SSSR count). The van der Waals surface area contributed by atoms with Gasteiger partial charge in [-0.25, -0.2) is 0 Å². The molecule has 0 aliphatic carbocycles. The average Bonchev–Trinajstić information content (AvgIpc) is 0.781. The van der Waals surface area contributed by atoms with Crippen molar-refractivity contribution in [1.29, 1.82) is 0 Å². The van der Waals surface area contributed by atoms with E-state index in [0.717, 1.165) is 38.5 Å². The molecule has 19 nitrogen and oxygen atoms in total. The predicted octanol–water partition coefficient (Wildman–Crippen LogP) is 18.4. The lowest BCUT2D eigenvalue weighted by atomic mass is 9.96. The molecule has 0 radical (unpaired) electrons. The molecule has 0 aromatic heterocycles. The summed E-state index contributed by atoms with van der Waals surface area (Å²) >= 11 is 0. The minimum Gasteiger partial charge on any atom is -0.394 e. The lowest BCUT2D eigenvalue weighted by molar-refractivity contribution is -0.379. The van der Waals surface area contributed by atoms with Crippen LogP contribution >= 0.6 is 0 Å². The second-order valence-electron chi connectivity index (χ2n) is 33.8. The van der Waals surface area contributed by atoms with Gasteiger partial charge in [-0.1, -0.05) is 411 Å². The lowest BCUT2D eigenvalue weighted by Gasteiger charge is -2.48. The van der Waals surface area contributed by atoms with Gasteiger partial charge < -0.3 is 89.9 Å². The van der Waals surface area contributed by atoms with E-state index >= 15 is 0 Å². The third kappa shape index (κ3) is 50.7. The quantitative estimate of drug-likeness (QED) is 0.0199. The van der Waals surface area contributed by atoms with E-state index in [4.69, 9.17) is 28.4 Å². The molecule has 1 amide bonds. The first-order valence-corrected chi connectivity index (χ1v) is 47.1. The number of nitrogens with one attached hydrogen (secondary N) is 1. The highest BCUT2D eigenvalue weighted by atomic mass is 16.8. The van der Waals surface area contributed by atoms with Crippen LogP contribution in [0.3, 0.4) is 0 Å². The predicted molar refractivity (Wildman–Crippen MR) is 448 cm³/mol. The molecular weight excluding hydrogens is 1410 g/mol. The third-order valence-corrected chi connectivity index (χ3v) is 23.8. The summed E-state index contributed by atoms with van der Waals surface area (Å²) in [6.07, 6.45) is 65.0. The molecule has 111 heavy (non-hydrogen) atoms. The summed E-state index contributed by atoms with van der Waals surface area (Å²) in [5.41, 5.74) is 0. The zero-order valence-electron chi connectivity index (χ0n) is 71.0. The van der Waals surface area contributed by atoms with Crippen LogP contribution in [-0.2, 0) is 33.2 Å². The van der Waals surface area contributed by atoms with Crippen molar-refractivity contribution in [3.05, 3.63) is 24.3 Å². The molecule has 17 unspecified atom stereocenters. The normalized spacial score (nSPS) is 25.1. The number of amides is 1. The first-order valence-electron chi connectivity index (χ1n) is 47.1. The SMILES string of the molecule is CCCCCCCCCCCCCCCCCCCCCCCCCCCC/C=C/CC/C=C/C(O)C(COC1OC(CO)C(OC2OC(CO)C(OC3OC(CO)C(O)C(O)C3O)C(O)C2O)C(O)C1O)NC(=O)CCCCCCCCCCCCCCCCCCCCCCCCCCCCCCCCCCCC. The molecule has 12 N–H and O–H groups in total. The molecule has 19 heteroatoms. The van der Waals surface area contributed by atoms with E-state index in [2.05, 4.69) is 31.3 Å². The highest BCUT2D eigenvalue weighted by Crippen LogP contribution is 2.34. The second-order valence-corrected chi connectivity index (χ2v) is 33.8. The fourth-order valence-electron chi connectivity index (χ4n) is 16.3. The topological polar surface area (TPSA) is 307 Å². The van der Waals surface area contributed by atoms with Gasteiger partial charge in [-0.2, -0.15) is 0 Å². The van der Waals surface area contributed by atoms with Crippen molar-refractivity contribution in [1.82, 2.24) is 5.32 Å². The molecule has 3 aliphatic rings. The Hall–Kier alpha value is -1.73. The average molecular weight is 1580 g/mol. The van der Waals surface area contributed by atoms with E-state index in [1.165, 1.54) is 353 Å². The Morgan fingerprint density at radius 1 is 0.315 bits per heavy atom. The van der Waals surface area contributed by atoms with Gasteiger partial charge in [-0.05, 0) is 32.1 Å². The minimum absolute atomic E-state index is 0.241. The van der Waals surface area contributed by atoms with Crippen molar-refractivity contribution in [3.63, 3.8) is 0 Å². The summed E-state index contributed by atoms with van der Waals surface area (Å²) in [6, 6.07) is -0.990. The Balaban J connectivity index is 1.32. The van der Waals surface area contributed by atoms with E-state index in [1.807, 2.05) is 6.08 Å². The maximum absolute atomic E-state index is 13.5. The number of ether oxygens (including phenoxy) is 6. The van der Waals surface area contributed by atoms with Crippen LogP contribution in [-0.4, -0.2) is 193 Å². The second kappa shape index (κ2) is 72.3. The van der Waals surface area contributed by atoms with E-state index in [1.54, 1.807) is 6.08 Å². The highest BCUT2D eigenvalue weighted by Gasteiger charge is 2.54. The summed E-state index contributed by atoms with van der Waals surface area (Å²) in [5, 5.41) is 121. The molecule has 656 valence electrons. The largest absolute Gasteiger partial charge is 0.394 e. The van der Waals surface area contributed by atoms with Crippen molar-refractivity contribution in [2.45, 2.75) is 529 Å². The number of hydrogen-bond donors (Lipinski definition) is 12. The number of allylic oxidation sites excluding steroid dienone is 3. The number of carbonyl (C=O) groups is 1. The van der Waals surface area contributed by atoms with Gasteiger partial charge in [0, 0.05) is 6.42 Å². The van der Waals surface area contributed by atoms with Crippen LogP contribution in [0.5, 0.6) is 0 Å². The van der Waals surface area contributed by atoms with Gasteiger partial charge in [0.05, 0.1) is 38.6 Å². The summed E-state index contributed by atoms with van der Waals surface area (Å²) in [5.74, 6) is -0.275. The van der Waals surface area contributed by atoms with Crippen LogP contribution in [0, 0.1) is 0 Å². The van der Waals surface area contributed by atoms with Crippen LogP contribution in [0.25, 0.3) is 0 Å². The molecule has 0 aromatic carbocycles. The van der Waals surface area contributed by atoms with Crippen molar-refractivity contribution in [3.8, 4) is 0 Å². The zero-order valence-corrected chi connectivity index (χ0v) is 71.0. The molecule has 17 atom stereocenters. The molecular formula is C92H175NO18. The van der Waals surface area contributed by atoms with Gasteiger partial charge in [-0.3, -0.25) is 4.79 Å². The minimum atomic E-state index is -1.98.